The lowest BCUT2D eigenvalue weighted by Crippen LogP contribution is -2.45. The van der Waals surface area contributed by atoms with Gasteiger partial charge in [0, 0.05) is 17.2 Å². The van der Waals surface area contributed by atoms with Gasteiger partial charge in [-0.25, -0.2) is 9.78 Å². The van der Waals surface area contributed by atoms with E-state index in [9.17, 15) is 14.4 Å². The third-order valence-electron chi connectivity index (χ3n) is 6.00. The molecule has 36 heavy (non-hydrogen) atoms. The number of nitrogens with one attached hydrogen (secondary N) is 3. The van der Waals surface area contributed by atoms with Gasteiger partial charge in [0.25, 0.3) is 11.8 Å². The van der Waals surface area contributed by atoms with E-state index in [1.54, 1.807) is 25.1 Å². The van der Waals surface area contributed by atoms with Crippen molar-refractivity contribution >= 4 is 17.8 Å². The van der Waals surface area contributed by atoms with Crippen LogP contribution in [0.4, 0.5) is 0 Å². The number of carbonyl (C=O) groups excluding carboxylic acids is 3. The highest BCUT2D eigenvalue weighted by atomic mass is 16.5. The predicted octanol–water partition coefficient (Wildman–Crippen LogP) is 2.97. The molecule has 190 valence electrons. The number of hydrogen-bond donors (Lipinski definition) is 3. The van der Waals surface area contributed by atoms with E-state index < -0.39 is 17.9 Å². The van der Waals surface area contributed by atoms with E-state index in [4.69, 9.17) is 9.15 Å². The molecule has 0 unspecified atom stereocenters. The maximum Gasteiger partial charge on any atom is 0.328 e. The lowest BCUT2D eigenvalue weighted by molar-refractivity contribution is -0.146. The molecule has 1 aliphatic carbocycles. The molecule has 1 aromatic carbocycles. The van der Waals surface area contributed by atoms with Gasteiger partial charge in [-0.3, -0.25) is 9.59 Å². The van der Waals surface area contributed by atoms with Crippen LogP contribution >= 0.6 is 0 Å². The molecule has 2 amide bonds. The molecule has 0 radical (unpaired) electrons. The molecule has 2 atom stereocenters. The van der Waals surface area contributed by atoms with Crippen LogP contribution in [0.3, 0.4) is 0 Å². The van der Waals surface area contributed by atoms with Crippen molar-refractivity contribution in [2.45, 2.75) is 52.6 Å². The Bertz CT molecular complexity index is 1250. The van der Waals surface area contributed by atoms with Crippen LogP contribution in [-0.2, 0) is 9.53 Å². The molecule has 3 aromatic rings. The Labute approximate surface area is 208 Å². The second-order valence-corrected chi connectivity index (χ2v) is 9.18. The molecular formula is C25H30N6O5. The summed E-state index contributed by atoms with van der Waals surface area (Å²) < 4.78 is 10.7. The van der Waals surface area contributed by atoms with E-state index in [0.717, 1.165) is 12.8 Å². The van der Waals surface area contributed by atoms with Crippen LogP contribution in [0.5, 0.6) is 0 Å². The maximum atomic E-state index is 12.7. The van der Waals surface area contributed by atoms with E-state index in [1.165, 1.54) is 6.20 Å². The highest BCUT2D eigenvalue weighted by molar-refractivity contribution is 5.94. The minimum atomic E-state index is -0.806. The van der Waals surface area contributed by atoms with Gasteiger partial charge in [0.15, 0.2) is 5.82 Å². The summed E-state index contributed by atoms with van der Waals surface area (Å²) in [6.07, 6.45) is 3.56. The Balaban J connectivity index is 1.46. The van der Waals surface area contributed by atoms with E-state index in [0.29, 0.717) is 22.9 Å². The van der Waals surface area contributed by atoms with Crippen molar-refractivity contribution in [3.05, 3.63) is 42.0 Å². The number of oxazole rings is 1. The van der Waals surface area contributed by atoms with Crippen molar-refractivity contribution in [2.24, 2.45) is 11.8 Å². The van der Waals surface area contributed by atoms with Gasteiger partial charge >= 0.3 is 5.97 Å². The van der Waals surface area contributed by atoms with Crippen LogP contribution in [0, 0.1) is 11.8 Å². The van der Waals surface area contributed by atoms with E-state index >= 15 is 0 Å². The largest absolute Gasteiger partial charge is 0.464 e. The van der Waals surface area contributed by atoms with E-state index in [-0.39, 0.29) is 41.9 Å². The van der Waals surface area contributed by atoms with Gasteiger partial charge in [-0.05, 0) is 50.7 Å². The standard InChI is InChI=1S/C25H30N6O5/c1-5-35-25(34)19(13(2)3)28-22(32)18-12-26-24(36-18)17-8-6-7-16(11-17)20-29-21(31-30-20)23(33)27-14(4)15-9-10-15/h6-8,11-15,19H,5,9-10H2,1-4H3,(H,27,33)(H,28,32)(H,29,30,31)/t14-,19-/m0/s1. The molecule has 1 fully saturated rings. The second kappa shape index (κ2) is 10.7. The molecule has 3 N–H and O–H groups in total. The summed E-state index contributed by atoms with van der Waals surface area (Å²) in [5.74, 6) is -0.267. The third-order valence-corrected chi connectivity index (χ3v) is 6.00. The molecule has 11 nitrogen and oxygen atoms in total. The first-order valence-corrected chi connectivity index (χ1v) is 12.0. The van der Waals surface area contributed by atoms with Gasteiger partial charge in [0.2, 0.25) is 17.5 Å². The fourth-order valence-corrected chi connectivity index (χ4v) is 3.74. The number of hydrogen-bond acceptors (Lipinski definition) is 8. The molecule has 11 heteroatoms. The van der Waals surface area contributed by atoms with Gasteiger partial charge in [-0.2, -0.15) is 0 Å². The Morgan fingerprint density at radius 3 is 2.56 bits per heavy atom. The topological polar surface area (TPSA) is 152 Å². The monoisotopic (exact) mass is 494 g/mol. The molecule has 0 bridgehead atoms. The van der Waals surface area contributed by atoms with Gasteiger partial charge in [0.05, 0.1) is 12.8 Å². The first-order chi connectivity index (χ1) is 17.3. The lowest BCUT2D eigenvalue weighted by Gasteiger charge is -2.19. The summed E-state index contributed by atoms with van der Waals surface area (Å²) in [4.78, 5) is 44.4. The van der Waals surface area contributed by atoms with Gasteiger partial charge in [0.1, 0.15) is 6.04 Å². The predicted molar refractivity (Wildman–Crippen MR) is 130 cm³/mol. The van der Waals surface area contributed by atoms with Crippen LogP contribution in [-0.4, -0.2) is 56.6 Å². The molecule has 0 saturated heterocycles. The molecule has 4 rings (SSSR count). The molecular weight excluding hydrogens is 464 g/mol. The molecule has 2 aromatic heterocycles. The fraction of sp³-hybridized carbons (Fsp3) is 0.440. The Morgan fingerprint density at radius 2 is 1.86 bits per heavy atom. The van der Waals surface area contributed by atoms with Crippen molar-refractivity contribution in [3.8, 4) is 22.8 Å². The van der Waals surface area contributed by atoms with Gasteiger partial charge < -0.3 is 24.8 Å². The summed E-state index contributed by atoms with van der Waals surface area (Å²) in [6, 6.07) is 6.41. The average Bonchev–Trinajstić information content (AvgIpc) is 3.38. The van der Waals surface area contributed by atoms with Crippen molar-refractivity contribution in [1.82, 2.24) is 30.8 Å². The quantitative estimate of drug-likeness (QED) is 0.364. The summed E-state index contributed by atoms with van der Waals surface area (Å²) in [5, 5.41) is 13.7. The van der Waals surface area contributed by atoms with Crippen molar-refractivity contribution in [2.75, 3.05) is 6.61 Å². The molecule has 2 heterocycles. The fourth-order valence-electron chi connectivity index (χ4n) is 3.74. The number of ether oxygens (including phenoxy) is 1. The first kappa shape index (κ1) is 25.1. The number of aromatic nitrogens is 4. The summed E-state index contributed by atoms with van der Waals surface area (Å²) in [6.45, 7) is 7.54. The van der Waals surface area contributed by atoms with Crippen LogP contribution in [0.2, 0.25) is 0 Å². The highest BCUT2D eigenvalue weighted by Gasteiger charge is 2.30. The van der Waals surface area contributed by atoms with E-state index in [1.807, 2.05) is 26.8 Å². The molecule has 0 spiro atoms. The number of rotatable bonds is 10. The van der Waals surface area contributed by atoms with Crippen molar-refractivity contribution in [3.63, 3.8) is 0 Å². The second-order valence-electron chi connectivity index (χ2n) is 9.18. The lowest BCUT2D eigenvalue weighted by atomic mass is 10.0. The van der Waals surface area contributed by atoms with Crippen LogP contribution in [0.15, 0.2) is 34.9 Å². The van der Waals surface area contributed by atoms with E-state index in [2.05, 4.69) is 30.8 Å². The number of amides is 2. The molecule has 1 aliphatic rings. The van der Waals surface area contributed by atoms with Crippen molar-refractivity contribution in [1.29, 1.82) is 0 Å². The number of carbonyl (C=O) groups is 3. The van der Waals surface area contributed by atoms with Gasteiger partial charge in [-0.1, -0.05) is 26.0 Å². The number of aromatic amines is 1. The zero-order chi connectivity index (χ0) is 25.8. The molecule has 1 saturated carbocycles. The minimum absolute atomic E-state index is 0.0336. The maximum absolute atomic E-state index is 12.7. The highest BCUT2D eigenvalue weighted by Crippen LogP contribution is 2.32. The number of benzene rings is 1. The van der Waals surface area contributed by atoms with Crippen LogP contribution in [0.1, 0.15) is 61.7 Å². The smallest absolute Gasteiger partial charge is 0.328 e. The van der Waals surface area contributed by atoms with Crippen LogP contribution in [0.25, 0.3) is 22.8 Å². The minimum Gasteiger partial charge on any atom is -0.464 e. The average molecular weight is 495 g/mol. The third kappa shape index (κ3) is 5.78. The van der Waals surface area contributed by atoms with Crippen LogP contribution < -0.4 is 10.6 Å². The number of H-pyrrole nitrogens is 1. The van der Waals surface area contributed by atoms with Crippen molar-refractivity contribution < 1.29 is 23.5 Å². The Kier molecular flexibility index (Phi) is 7.47. The van der Waals surface area contributed by atoms with Gasteiger partial charge in [-0.15, -0.1) is 10.2 Å². The zero-order valence-electron chi connectivity index (χ0n) is 20.7. The first-order valence-electron chi connectivity index (χ1n) is 12.0. The summed E-state index contributed by atoms with van der Waals surface area (Å²) in [5.41, 5.74) is 1.27. The Morgan fingerprint density at radius 1 is 1.11 bits per heavy atom. The number of nitrogens with zero attached hydrogens (tertiary/aromatic N) is 3. The molecule has 0 aliphatic heterocycles. The normalized spacial score (nSPS) is 14.8. The summed E-state index contributed by atoms with van der Waals surface area (Å²) >= 11 is 0. The Hall–Kier alpha value is -4.02. The number of esters is 1. The zero-order valence-corrected chi connectivity index (χ0v) is 20.7. The summed E-state index contributed by atoms with van der Waals surface area (Å²) in [7, 11) is 0. The SMILES string of the molecule is CCOC(=O)[C@@H](NC(=O)c1cnc(-c2cccc(-c3nnc(C(=O)N[C@@H](C)C4CC4)[nH]3)c2)o1)C(C)C.